The van der Waals surface area contributed by atoms with Gasteiger partial charge in [0, 0.05) is 19.5 Å². The van der Waals surface area contributed by atoms with Gasteiger partial charge in [0.1, 0.15) is 17.3 Å². The molecule has 2 aromatic rings. The van der Waals surface area contributed by atoms with Gasteiger partial charge in [0.05, 0.1) is 18.7 Å². The molecule has 3 rings (SSSR count). The lowest BCUT2D eigenvalue weighted by molar-refractivity contribution is -0.126. The van der Waals surface area contributed by atoms with E-state index in [1.807, 2.05) is 31.2 Å². The highest BCUT2D eigenvalue weighted by atomic mass is 16.3. The van der Waals surface area contributed by atoms with Gasteiger partial charge in [0.15, 0.2) is 0 Å². The Morgan fingerprint density at radius 3 is 3.00 bits per heavy atom. The third kappa shape index (κ3) is 4.48. The molecular formula is C18H24N2O3. The topological polar surface area (TPSA) is 58.6 Å². The fourth-order valence-corrected chi connectivity index (χ4v) is 3.11. The number of piperidine rings is 1. The van der Waals surface area contributed by atoms with Gasteiger partial charge in [-0.3, -0.25) is 9.69 Å². The molecule has 124 valence electrons. The van der Waals surface area contributed by atoms with Crippen molar-refractivity contribution in [2.45, 2.75) is 32.7 Å². The largest absolute Gasteiger partial charge is 0.468 e. The number of carbonyl (C=O) groups excluding carboxylic acids is 1. The van der Waals surface area contributed by atoms with E-state index in [9.17, 15) is 4.79 Å². The lowest BCUT2D eigenvalue weighted by atomic mass is 9.97. The molecule has 0 aromatic carbocycles. The number of nitrogens with one attached hydrogen (secondary N) is 1. The minimum Gasteiger partial charge on any atom is -0.468 e. The number of furan rings is 2. The number of amides is 1. The molecule has 1 atom stereocenters. The molecule has 3 heterocycles. The molecular weight excluding hydrogens is 292 g/mol. The average Bonchev–Trinajstić information content (AvgIpc) is 3.19. The highest BCUT2D eigenvalue weighted by molar-refractivity contribution is 5.78. The van der Waals surface area contributed by atoms with Crippen LogP contribution in [0.1, 0.15) is 30.1 Å². The Bertz CT molecular complexity index is 618. The van der Waals surface area contributed by atoms with Crippen LogP contribution in [0.3, 0.4) is 0 Å². The number of hydrogen-bond donors (Lipinski definition) is 1. The Morgan fingerprint density at radius 1 is 1.35 bits per heavy atom. The average molecular weight is 316 g/mol. The lowest BCUT2D eigenvalue weighted by Gasteiger charge is -2.31. The molecule has 1 aliphatic heterocycles. The number of hydrogen-bond acceptors (Lipinski definition) is 4. The molecule has 1 unspecified atom stereocenters. The van der Waals surface area contributed by atoms with Crippen LogP contribution in [-0.4, -0.2) is 30.4 Å². The zero-order chi connectivity index (χ0) is 16.1. The first-order valence-electron chi connectivity index (χ1n) is 8.28. The van der Waals surface area contributed by atoms with Crippen LogP contribution in [0, 0.1) is 12.8 Å². The van der Waals surface area contributed by atoms with E-state index in [1.165, 1.54) is 0 Å². The molecule has 0 radical (unpaired) electrons. The summed E-state index contributed by atoms with van der Waals surface area (Å²) in [6.45, 7) is 5.16. The van der Waals surface area contributed by atoms with E-state index < -0.39 is 0 Å². The normalized spacial score (nSPS) is 18.9. The van der Waals surface area contributed by atoms with Crippen LogP contribution in [0.5, 0.6) is 0 Å². The maximum absolute atomic E-state index is 12.3. The van der Waals surface area contributed by atoms with Gasteiger partial charge in [-0.15, -0.1) is 0 Å². The summed E-state index contributed by atoms with van der Waals surface area (Å²) in [5.41, 5.74) is 0. The molecule has 0 aliphatic carbocycles. The maximum atomic E-state index is 12.3. The zero-order valence-electron chi connectivity index (χ0n) is 13.6. The predicted molar refractivity (Wildman–Crippen MR) is 86.9 cm³/mol. The molecule has 1 saturated heterocycles. The van der Waals surface area contributed by atoms with Gasteiger partial charge in [-0.25, -0.2) is 0 Å². The number of aryl methyl sites for hydroxylation is 1. The van der Waals surface area contributed by atoms with Crippen LogP contribution in [0.2, 0.25) is 0 Å². The molecule has 5 heteroatoms. The van der Waals surface area contributed by atoms with Gasteiger partial charge in [0.2, 0.25) is 5.91 Å². The van der Waals surface area contributed by atoms with E-state index in [1.54, 1.807) is 6.26 Å². The van der Waals surface area contributed by atoms with Crippen molar-refractivity contribution in [3.8, 4) is 0 Å². The van der Waals surface area contributed by atoms with Crippen molar-refractivity contribution in [3.63, 3.8) is 0 Å². The summed E-state index contributed by atoms with van der Waals surface area (Å²) in [5.74, 6) is 3.01. The second-order valence-electron chi connectivity index (χ2n) is 6.21. The Morgan fingerprint density at radius 2 is 2.26 bits per heavy atom. The van der Waals surface area contributed by atoms with Gasteiger partial charge in [0.25, 0.3) is 0 Å². The van der Waals surface area contributed by atoms with E-state index in [0.717, 1.165) is 56.2 Å². The van der Waals surface area contributed by atoms with Gasteiger partial charge in [-0.1, -0.05) is 0 Å². The third-order valence-corrected chi connectivity index (χ3v) is 4.30. The maximum Gasteiger partial charge on any atom is 0.224 e. The summed E-state index contributed by atoms with van der Waals surface area (Å²) in [7, 11) is 0. The summed E-state index contributed by atoms with van der Waals surface area (Å²) in [6.07, 6.45) is 4.44. The summed E-state index contributed by atoms with van der Waals surface area (Å²) in [6, 6.07) is 7.80. The van der Waals surface area contributed by atoms with Crippen LogP contribution in [0.4, 0.5) is 0 Å². The molecule has 1 amide bonds. The van der Waals surface area contributed by atoms with Gasteiger partial charge in [-0.2, -0.15) is 0 Å². The standard InChI is InChI=1S/C18H24N2O3/c1-14-6-7-16(23-14)8-9-19-18(21)15-4-2-10-20(12-15)13-17-5-3-11-22-17/h3,5-7,11,15H,2,4,8-10,12-13H2,1H3,(H,19,21). The van der Waals surface area contributed by atoms with Crippen molar-refractivity contribution in [2.24, 2.45) is 5.92 Å². The van der Waals surface area contributed by atoms with Crippen LogP contribution < -0.4 is 5.32 Å². The van der Waals surface area contributed by atoms with Crippen LogP contribution in [-0.2, 0) is 17.8 Å². The molecule has 1 N–H and O–H groups in total. The van der Waals surface area contributed by atoms with E-state index in [4.69, 9.17) is 8.83 Å². The van der Waals surface area contributed by atoms with Gasteiger partial charge >= 0.3 is 0 Å². The molecule has 2 aromatic heterocycles. The molecule has 0 spiro atoms. The fraction of sp³-hybridized carbons (Fsp3) is 0.500. The van der Waals surface area contributed by atoms with Gasteiger partial charge < -0.3 is 14.2 Å². The Labute approximate surface area is 136 Å². The first-order valence-corrected chi connectivity index (χ1v) is 8.28. The Kier molecular flexibility index (Phi) is 5.18. The summed E-state index contributed by atoms with van der Waals surface area (Å²) >= 11 is 0. The Hall–Kier alpha value is -2.01. The molecule has 1 aliphatic rings. The minimum absolute atomic E-state index is 0.0667. The summed E-state index contributed by atoms with van der Waals surface area (Å²) in [4.78, 5) is 14.6. The Balaban J connectivity index is 1.43. The first kappa shape index (κ1) is 15.9. The second-order valence-corrected chi connectivity index (χ2v) is 6.21. The predicted octanol–water partition coefficient (Wildman–Crippen LogP) is 2.75. The molecule has 1 fully saturated rings. The van der Waals surface area contributed by atoms with Crippen LogP contribution >= 0.6 is 0 Å². The number of nitrogens with zero attached hydrogens (tertiary/aromatic N) is 1. The molecule has 23 heavy (non-hydrogen) atoms. The number of rotatable bonds is 6. The van der Waals surface area contributed by atoms with Crippen molar-refractivity contribution in [3.05, 3.63) is 47.8 Å². The fourth-order valence-electron chi connectivity index (χ4n) is 3.11. The lowest BCUT2D eigenvalue weighted by Crippen LogP contribution is -2.43. The van der Waals surface area contributed by atoms with Crippen molar-refractivity contribution >= 4 is 5.91 Å². The summed E-state index contributed by atoms with van der Waals surface area (Å²) < 4.78 is 10.9. The third-order valence-electron chi connectivity index (χ3n) is 4.30. The van der Waals surface area contributed by atoms with Crippen LogP contribution in [0.25, 0.3) is 0 Å². The minimum atomic E-state index is 0.0667. The van der Waals surface area contributed by atoms with E-state index in [-0.39, 0.29) is 11.8 Å². The first-order chi connectivity index (χ1) is 11.2. The zero-order valence-corrected chi connectivity index (χ0v) is 13.6. The van der Waals surface area contributed by atoms with E-state index in [2.05, 4.69) is 10.2 Å². The quantitative estimate of drug-likeness (QED) is 0.890. The van der Waals surface area contributed by atoms with Crippen LogP contribution in [0.15, 0.2) is 39.4 Å². The van der Waals surface area contributed by atoms with Gasteiger partial charge in [-0.05, 0) is 50.6 Å². The van der Waals surface area contributed by atoms with E-state index >= 15 is 0 Å². The van der Waals surface area contributed by atoms with Crippen molar-refractivity contribution in [1.82, 2.24) is 10.2 Å². The van der Waals surface area contributed by atoms with Crippen molar-refractivity contribution < 1.29 is 13.6 Å². The molecule has 0 bridgehead atoms. The molecule has 0 saturated carbocycles. The highest BCUT2D eigenvalue weighted by Crippen LogP contribution is 2.19. The highest BCUT2D eigenvalue weighted by Gasteiger charge is 2.25. The number of carbonyl (C=O) groups is 1. The molecule has 5 nitrogen and oxygen atoms in total. The number of likely N-dealkylation sites (tertiary alicyclic amines) is 1. The van der Waals surface area contributed by atoms with Crippen molar-refractivity contribution in [2.75, 3.05) is 19.6 Å². The summed E-state index contributed by atoms with van der Waals surface area (Å²) in [5, 5.41) is 3.04. The SMILES string of the molecule is Cc1ccc(CCNC(=O)C2CCCN(Cc3ccco3)C2)o1. The van der Waals surface area contributed by atoms with E-state index in [0.29, 0.717) is 6.54 Å². The monoisotopic (exact) mass is 316 g/mol. The second kappa shape index (κ2) is 7.51. The smallest absolute Gasteiger partial charge is 0.224 e. The van der Waals surface area contributed by atoms with Crippen molar-refractivity contribution in [1.29, 1.82) is 0 Å².